The van der Waals surface area contributed by atoms with Crippen LogP contribution in [0.15, 0.2) is 47.2 Å². The van der Waals surface area contributed by atoms with Gasteiger partial charge < -0.3 is 4.74 Å². The van der Waals surface area contributed by atoms with Crippen LogP contribution in [0.1, 0.15) is 30.5 Å². The Kier molecular flexibility index (Phi) is 5.52. The van der Waals surface area contributed by atoms with E-state index in [1.54, 1.807) is 12.4 Å². The normalized spacial score (nSPS) is 12.2. The first-order valence-corrected chi connectivity index (χ1v) is 7.34. The molecule has 0 saturated carbocycles. The maximum atomic E-state index is 5.79. The lowest BCUT2D eigenvalue weighted by molar-refractivity contribution is 0.311. The second-order valence-corrected chi connectivity index (χ2v) is 5.34. The third-order valence-corrected chi connectivity index (χ3v) is 3.35. The van der Waals surface area contributed by atoms with E-state index in [4.69, 9.17) is 10.6 Å². The van der Waals surface area contributed by atoms with E-state index in [1.165, 1.54) is 0 Å². The van der Waals surface area contributed by atoms with Gasteiger partial charge in [0.2, 0.25) is 0 Å². The molecular weight excluding hydrogens is 318 g/mol. The van der Waals surface area contributed by atoms with Crippen LogP contribution in [0.4, 0.5) is 0 Å². The fourth-order valence-corrected chi connectivity index (χ4v) is 2.40. The van der Waals surface area contributed by atoms with Gasteiger partial charge in [-0.25, -0.2) is 5.43 Å². The van der Waals surface area contributed by atoms with Gasteiger partial charge in [0.05, 0.1) is 12.6 Å². The lowest BCUT2D eigenvalue weighted by Crippen LogP contribution is -2.29. The summed E-state index contributed by atoms with van der Waals surface area (Å²) in [6.45, 7) is 2.77. The summed E-state index contributed by atoms with van der Waals surface area (Å²) < 4.78 is 6.71. The number of hydrogen-bond donors (Lipinski definition) is 2. The molecule has 0 aliphatic rings. The maximum absolute atomic E-state index is 5.79. The van der Waals surface area contributed by atoms with Crippen LogP contribution in [0, 0.1) is 0 Å². The van der Waals surface area contributed by atoms with Crippen molar-refractivity contribution >= 4 is 15.9 Å². The highest BCUT2D eigenvalue weighted by Crippen LogP contribution is 2.30. The van der Waals surface area contributed by atoms with Gasteiger partial charge in [-0.3, -0.25) is 10.8 Å². The zero-order valence-corrected chi connectivity index (χ0v) is 12.9. The summed E-state index contributed by atoms with van der Waals surface area (Å²) in [7, 11) is 0. The van der Waals surface area contributed by atoms with Gasteiger partial charge >= 0.3 is 0 Å². The molecule has 0 spiro atoms. The molecule has 5 heteroatoms. The Balaban J connectivity index is 2.36. The molecule has 20 heavy (non-hydrogen) atoms. The number of para-hydroxylation sites is 1. The first-order chi connectivity index (χ1) is 9.76. The number of pyridine rings is 1. The van der Waals surface area contributed by atoms with E-state index < -0.39 is 0 Å². The number of halogens is 1. The standard InChI is InChI=1S/C15H18BrN3O/c1-2-7-20-14-6-4-3-5-13(14)15(19-17)11-8-12(16)10-18-9-11/h3-6,8-10,15,19H,2,7,17H2,1H3. The predicted molar refractivity (Wildman–Crippen MR) is 83.3 cm³/mol. The molecule has 1 aromatic heterocycles. The van der Waals surface area contributed by atoms with Crippen LogP contribution >= 0.6 is 15.9 Å². The molecule has 0 aliphatic heterocycles. The average molecular weight is 336 g/mol. The van der Waals surface area contributed by atoms with Crippen molar-refractivity contribution in [1.29, 1.82) is 0 Å². The van der Waals surface area contributed by atoms with Crippen LogP contribution in [0.2, 0.25) is 0 Å². The molecule has 0 amide bonds. The lowest BCUT2D eigenvalue weighted by Gasteiger charge is -2.20. The van der Waals surface area contributed by atoms with E-state index in [0.29, 0.717) is 6.61 Å². The molecule has 3 N–H and O–H groups in total. The van der Waals surface area contributed by atoms with Crippen LogP contribution in [0.25, 0.3) is 0 Å². The number of benzene rings is 1. The average Bonchev–Trinajstić information content (AvgIpc) is 2.47. The van der Waals surface area contributed by atoms with Crippen molar-refractivity contribution in [2.45, 2.75) is 19.4 Å². The second-order valence-electron chi connectivity index (χ2n) is 4.42. The molecule has 1 atom stereocenters. The summed E-state index contributed by atoms with van der Waals surface area (Å²) in [6, 6.07) is 9.74. The SMILES string of the molecule is CCCOc1ccccc1C(NN)c1cncc(Br)c1. The summed E-state index contributed by atoms with van der Waals surface area (Å²) in [6.07, 6.45) is 4.51. The van der Waals surface area contributed by atoms with Gasteiger partial charge in [0.1, 0.15) is 5.75 Å². The van der Waals surface area contributed by atoms with E-state index in [-0.39, 0.29) is 6.04 Å². The first-order valence-electron chi connectivity index (χ1n) is 6.54. The summed E-state index contributed by atoms with van der Waals surface area (Å²) >= 11 is 3.43. The van der Waals surface area contributed by atoms with Crippen molar-refractivity contribution in [3.8, 4) is 5.75 Å². The van der Waals surface area contributed by atoms with E-state index in [9.17, 15) is 0 Å². The highest BCUT2D eigenvalue weighted by molar-refractivity contribution is 9.10. The van der Waals surface area contributed by atoms with Crippen LogP contribution in [0.5, 0.6) is 5.75 Å². The third-order valence-electron chi connectivity index (χ3n) is 2.92. The van der Waals surface area contributed by atoms with Crippen LogP contribution in [0.3, 0.4) is 0 Å². The zero-order chi connectivity index (χ0) is 14.4. The Morgan fingerprint density at radius 3 is 2.85 bits per heavy atom. The molecule has 2 aromatic rings. The Morgan fingerprint density at radius 1 is 1.35 bits per heavy atom. The number of hydrazine groups is 1. The molecule has 0 saturated heterocycles. The van der Waals surface area contributed by atoms with Crippen molar-refractivity contribution in [3.05, 3.63) is 58.3 Å². The highest BCUT2D eigenvalue weighted by Gasteiger charge is 2.17. The summed E-state index contributed by atoms with van der Waals surface area (Å²) in [4.78, 5) is 4.19. The number of ether oxygens (including phenoxy) is 1. The van der Waals surface area contributed by atoms with Gasteiger partial charge in [-0.05, 0) is 40.0 Å². The molecule has 0 radical (unpaired) electrons. The Bertz CT molecular complexity index is 562. The minimum absolute atomic E-state index is 0.159. The van der Waals surface area contributed by atoms with Gasteiger partial charge in [-0.15, -0.1) is 0 Å². The molecule has 2 rings (SSSR count). The molecule has 1 heterocycles. The molecule has 0 bridgehead atoms. The van der Waals surface area contributed by atoms with Gasteiger partial charge in [0.15, 0.2) is 0 Å². The second kappa shape index (κ2) is 7.38. The molecule has 4 nitrogen and oxygen atoms in total. The Labute approximate surface area is 127 Å². The fraction of sp³-hybridized carbons (Fsp3) is 0.267. The van der Waals surface area contributed by atoms with Gasteiger partial charge in [-0.2, -0.15) is 0 Å². The van der Waals surface area contributed by atoms with Gasteiger partial charge in [0, 0.05) is 22.4 Å². The first kappa shape index (κ1) is 15.0. The van der Waals surface area contributed by atoms with Crippen molar-refractivity contribution in [2.75, 3.05) is 6.61 Å². The topological polar surface area (TPSA) is 60.2 Å². The fourth-order valence-electron chi connectivity index (χ4n) is 2.01. The highest BCUT2D eigenvalue weighted by atomic mass is 79.9. The largest absolute Gasteiger partial charge is 0.493 e. The van der Waals surface area contributed by atoms with E-state index in [2.05, 4.69) is 33.3 Å². The third kappa shape index (κ3) is 3.56. The Hall–Kier alpha value is -1.43. The molecule has 0 fully saturated rings. The summed E-state index contributed by atoms with van der Waals surface area (Å²) in [5, 5.41) is 0. The minimum atomic E-state index is -0.159. The molecule has 1 aromatic carbocycles. The maximum Gasteiger partial charge on any atom is 0.124 e. The molecule has 1 unspecified atom stereocenters. The molecule has 0 aliphatic carbocycles. The summed E-state index contributed by atoms with van der Waals surface area (Å²) in [5.41, 5.74) is 4.82. The number of rotatable bonds is 6. The van der Waals surface area contributed by atoms with E-state index >= 15 is 0 Å². The van der Waals surface area contributed by atoms with Crippen LogP contribution in [-0.2, 0) is 0 Å². The minimum Gasteiger partial charge on any atom is -0.493 e. The summed E-state index contributed by atoms with van der Waals surface area (Å²) in [5.74, 6) is 6.58. The molecule has 106 valence electrons. The quantitative estimate of drug-likeness (QED) is 0.628. The number of nitrogens with zero attached hydrogens (tertiary/aromatic N) is 1. The Morgan fingerprint density at radius 2 is 2.15 bits per heavy atom. The van der Waals surface area contributed by atoms with Crippen molar-refractivity contribution < 1.29 is 4.74 Å². The van der Waals surface area contributed by atoms with Crippen molar-refractivity contribution in [2.24, 2.45) is 5.84 Å². The van der Waals surface area contributed by atoms with Crippen molar-refractivity contribution in [1.82, 2.24) is 10.4 Å². The van der Waals surface area contributed by atoms with Crippen molar-refractivity contribution in [3.63, 3.8) is 0 Å². The number of nitrogens with two attached hydrogens (primary N) is 1. The number of aromatic nitrogens is 1. The van der Waals surface area contributed by atoms with E-state index in [1.807, 2.05) is 30.3 Å². The monoisotopic (exact) mass is 335 g/mol. The lowest BCUT2D eigenvalue weighted by atomic mass is 10.00. The number of nitrogens with one attached hydrogen (secondary N) is 1. The van der Waals surface area contributed by atoms with Gasteiger partial charge in [0.25, 0.3) is 0 Å². The van der Waals surface area contributed by atoms with Gasteiger partial charge in [-0.1, -0.05) is 25.1 Å². The molecular formula is C15H18BrN3O. The smallest absolute Gasteiger partial charge is 0.124 e. The van der Waals surface area contributed by atoms with Crippen LogP contribution in [-0.4, -0.2) is 11.6 Å². The van der Waals surface area contributed by atoms with Crippen LogP contribution < -0.4 is 16.0 Å². The zero-order valence-electron chi connectivity index (χ0n) is 11.3. The van der Waals surface area contributed by atoms with E-state index in [0.717, 1.165) is 27.8 Å². The number of hydrogen-bond acceptors (Lipinski definition) is 4. The predicted octanol–water partition coefficient (Wildman–Crippen LogP) is 3.19.